The highest BCUT2D eigenvalue weighted by molar-refractivity contribution is 5.93. The van der Waals surface area contributed by atoms with Gasteiger partial charge in [0.15, 0.2) is 0 Å². The van der Waals surface area contributed by atoms with Crippen LogP contribution in [0, 0.1) is 5.95 Å². The minimum atomic E-state index is -0.601. The molecule has 0 fully saturated rings. The van der Waals surface area contributed by atoms with Crippen LogP contribution in [0.25, 0.3) is 0 Å². The fourth-order valence-electron chi connectivity index (χ4n) is 1.55. The lowest BCUT2D eigenvalue weighted by molar-refractivity contribution is 0.0935. The first-order chi connectivity index (χ1) is 8.65. The van der Waals surface area contributed by atoms with Gasteiger partial charge in [-0.3, -0.25) is 9.48 Å². The van der Waals surface area contributed by atoms with Crippen molar-refractivity contribution < 1.29 is 9.18 Å². The molecule has 0 spiro atoms. The summed E-state index contributed by atoms with van der Waals surface area (Å²) in [5, 5.41) is 6.84. The normalized spacial score (nSPS) is 12.1. The highest BCUT2D eigenvalue weighted by Gasteiger charge is 2.10. The quantitative estimate of drug-likeness (QED) is 0.828. The number of pyridine rings is 1. The molecule has 94 valence electrons. The Balaban J connectivity index is 1.92. The number of hydrogen-bond donors (Lipinski definition) is 1. The molecule has 18 heavy (non-hydrogen) atoms. The van der Waals surface area contributed by atoms with Gasteiger partial charge in [0.05, 0.1) is 12.1 Å². The first kappa shape index (κ1) is 12.2. The lowest BCUT2D eigenvalue weighted by atomic mass is 10.2. The first-order valence-electron chi connectivity index (χ1n) is 5.55. The highest BCUT2D eigenvalue weighted by atomic mass is 19.1. The Morgan fingerprint density at radius 3 is 3.00 bits per heavy atom. The fraction of sp³-hybridized carbons (Fsp3) is 0.250. The van der Waals surface area contributed by atoms with Crippen LogP contribution in [0.1, 0.15) is 17.3 Å². The predicted molar refractivity (Wildman–Crippen MR) is 63.4 cm³/mol. The van der Waals surface area contributed by atoms with Crippen molar-refractivity contribution in [3.63, 3.8) is 0 Å². The molecule has 0 aliphatic carbocycles. The highest BCUT2D eigenvalue weighted by Crippen LogP contribution is 2.00. The van der Waals surface area contributed by atoms with Gasteiger partial charge in [-0.05, 0) is 25.1 Å². The van der Waals surface area contributed by atoms with E-state index in [9.17, 15) is 9.18 Å². The summed E-state index contributed by atoms with van der Waals surface area (Å²) in [6.45, 7) is 2.45. The molecule has 2 rings (SSSR count). The Kier molecular flexibility index (Phi) is 3.66. The number of nitrogens with one attached hydrogen (secondary N) is 1. The topological polar surface area (TPSA) is 59.8 Å². The van der Waals surface area contributed by atoms with E-state index >= 15 is 0 Å². The lowest BCUT2D eigenvalue weighted by Gasteiger charge is -2.13. The number of carbonyl (C=O) groups excluding carboxylic acids is 1. The molecule has 0 saturated carbocycles. The van der Waals surface area contributed by atoms with Crippen LogP contribution in [0.2, 0.25) is 0 Å². The van der Waals surface area contributed by atoms with Crippen molar-refractivity contribution in [1.29, 1.82) is 0 Å². The maximum absolute atomic E-state index is 12.6. The summed E-state index contributed by atoms with van der Waals surface area (Å²) in [4.78, 5) is 15.2. The van der Waals surface area contributed by atoms with E-state index in [4.69, 9.17) is 0 Å². The summed E-state index contributed by atoms with van der Waals surface area (Å²) in [6.07, 6.45) is 4.71. The molecule has 0 radical (unpaired) electrons. The third kappa shape index (κ3) is 3.13. The van der Waals surface area contributed by atoms with E-state index in [0.29, 0.717) is 12.1 Å². The second-order valence-corrected chi connectivity index (χ2v) is 3.97. The minimum Gasteiger partial charge on any atom is -0.348 e. The Hall–Kier alpha value is -2.24. The molecule has 1 atom stereocenters. The molecule has 0 bridgehead atoms. The number of halogens is 1. The Labute approximate surface area is 104 Å². The largest absolute Gasteiger partial charge is 0.348 e. The molecule has 1 unspecified atom stereocenters. The summed E-state index contributed by atoms with van der Waals surface area (Å²) >= 11 is 0. The number of amides is 1. The smallest absolute Gasteiger partial charge is 0.253 e. The van der Waals surface area contributed by atoms with Gasteiger partial charge in [-0.25, -0.2) is 4.98 Å². The third-order valence-corrected chi connectivity index (χ3v) is 2.39. The number of carbonyl (C=O) groups is 1. The van der Waals surface area contributed by atoms with Gasteiger partial charge in [-0.1, -0.05) is 0 Å². The van der Waals surface area contributed by atoms with E-state index in [-0.39, 0.29) is 11.9 Å². The van der Waals surface area contributed by atoms with Crippen molar-refractivity contribution in [2.45, 2.75) is 19.5 Å². The average molecular weight is 248 g/mol. The van der Waals surface area contributed by atoms with E-state index in [0.717, 1.165) is 6.07 Å². The molecule has 2 aromatic heterocycles. The molecule has 0 aliphatic rings. The Morgan fingerprint density at radius 1 is 1.56 bits per heavy atom. The second-order valence-electron chi connectivity index (χ2n) is 3.97. The zero-order valence-electron chi connectivity index (χ0n) is 9.88. The maximum Gasteiger partial charge on any atom is 0.253 e. The van der Waals surface area contributed by atoms with Gasteiger partial charge in [0, 0.05) is 24.6 Å². The van der Waals surface area contributed by atoms with Crippen LogP contribution in [0.4, 0.5) is 4.39 Å². The van der Waals surface area contributed by atoms with Gasteiger partial charge in [-0.15, -0.1) is 0 Å². The van der Waals surface area contributed by atoms with Crippen molar-refractivity contribution in [3.8, 4) is 0 Å². The standard InChI is InChI=1S/C12H13FN4O/c1-9(8-17-6-2-5-15-17)16-12(18)10-3-4-11(13)14-7-10/h2-7,9H,8H2,1H3,(H,16,18). The van der Waals surface area contributed by atoms with Crippen LogP contribution in [-0.2, 0) is 6.54 Å². The SMILES string of the molecule is CC(Cn1cccn1)NC(=O)c1ccc(F)nc1. The van der Waals surface area contributed by atoms with Crippen LogP contribution in [0.3, 0.4) is 0 Å². The Morgan fingerprint density at radius 2 is 2.39 bits per heavy atom. The zero-order valence-corrected chi connectivity index (χ0v) is 9.88. The van der Waals surface area contributed by atoms with Crippen LogP contribution in [0.15, 0.2) is 36.8 Å². The van der Waals surface area contributed by atoms with Crippen molar-refractivity contribution in [2.24, 2.45) is 0 Å². The van der Waals surface area contributed by atoms with Gasteiger partial charge < -0.3 is 5.32 Å². The molecule has 5 nitrogen and oxygen atoms in total. The van der Waals surface area contributed by atoms with Gasteiger partial charge in [0.25, 0.3) is 5.91 Å². The third-order valence-electron chi connectivity index (χ3n) is 2.39. The molecular formula is C12H13FN4O. The van der Waals surface area contributed by atoms with Gasteiger partial charge in [0.1, 0.15) is 0 Å². The molecule has 0 aliphatic heterocycles. The molecule has 1 N–H and O–H groups in total. The average Bonchev–Trinajstić information content (AvgIpc) is 2.82. The van der Waals surface area contributed by atoms with E-state index < -0.39 is 5.95 Å². The molecular weight excluding hydrogens is 235 g/mol. The van der Waals surface area contributed by atoms with Crippen molar-refractivity contribution >= 4 is 5.91 Å². The molecule has 2 aromatic rings. The number of rotatable bonds is 4. The summed E-state index contributed by atoms with van der Waals surface area (Å²) < 4.78 is 14.3. The van der Waals surface area contributed by atoms with Crippen LogP contribution in [0.5, 0.6) is 0 Å². The second kappa shape index (κ2) is 5.39. The minimum absolute atomic E-state index is 0.0811. The number of nitrogens with zero attached hydrogens (tertiary/aromatic N) is 3. The van der Waals surface area contributed by atoms with E-state index in [1.807, 2.05) is 19.2 Å². The molecule has 6 heteroatoms. The van der Waals surface area contributed by atoms with Crippen molar-refractivity contribution in [2.75, 3.05) is 0 Å². The summed E-state index contributed by atoms with van der Waals surface area (Å²) in [7, 11) is 0. The maximum atomic E-state index is 12.6. The predicted octanol–water partition coefficient (Wildman–Crippen LogP) is 1.24. The van der Waals surface area contributed by atoms with E-state index in [1.54, 1.807) is 10.9 Å². The van der Waals surface area contributed by atoms with Gasteiger partial charge >= 0.3 is 0 Å². The summed E-state index contributed by atoms with van der Waals surface area (Å²) in [5.41, 5.74) is 0.337. The fourth-order valence-corrected chi connectivity index (χ4v) is 1.55. The zero-order chi connectivity index (χ0) is 13.0. The molecule has 1 amide bonds. The first-order valence-corrected chi connectivity index (χ1v) is 5.55. The number of hydrogen-bond acceptors (Lipinski definition) is 3. The monoisotopic (exact) mass is 248 g/mol. The molecule has 0 aromatic carbocycles. The Bertz CT molecular complexity index is 509. The molecule has 2 heterocycles. The van der Waals surface area contributed by atoms with Crippen molar-refractivity contribution in [3.05, 3.63) is 48.3 Å². The van der Waals surface area contributed by atoms with Gasteiger partial charge in [0.2, 0.25) is 5.95 Å². The van der Waals surface area contributed by atoms with Crippen LogP contribution >= 0.6 is 0 Å². The lowest BCUT2D eigenvalue weighted by Crippen LogP contribution is -2.35. The van der Waals surface area contributed by atoms with Crippen LogP contribution in [-0.4, -0.2) is 26.7 Å². The summed E-state index contributed by atoms with van der Waals surface area (Å²) in [5.74, 6) is -0.877. The van der Waals surface area contributed by atoms with E-state index in [2.05, 4.69) is 15.4 Å². The van der Waals surface area contributed by atoms with E-state index in [1.165, 1.54) is 12.3 Å². The van der Waals surface area contributed by atoms with Crippen molar-refractivity contribution in [1.82, 2.24) is 20.1 Å². The number of aromatic nitrogens is 3. The van der Waals surface area contributed by atoms with Gasteiger partial charge in [-0.2, -0.15) is 9.49 Å². The van der Waals surface area contributed by atoms with Crippen LogP contribution < -0.4 is 5.32 Å². The molecule has 0 saturated heterocycles. The summed E-state index contributed by atoms with van der Waals surface area (Å²) in [6, 6.07) is 4.30.